The lowest BCUT2D eigenvalue weighted by molar-refractivity contribution is -0.297. The van der Waals surface area contributed by atoms with Crippen molar-refractivity contribution < 1.29 is 17.9 Å². The van der Waals surface area contributed by atoms with Crippen LogP contribution in [0.4, 0.5) is 13.2 Å². The van der Waals surface area contributed by atoms with Crippen LogP contribution in [0.15, 0.2) is 10.3 Å². The van der Waals surface area contributed by atoms with Crippen LogP contribution in [-0.2, 0) is 4.74 Å². The van der Waals surface area contributed by atoms with Crippen molar-refractivity contribution in [3.63, 3.8) is 0 Å². The molecule has 0 aromatic carbocycles. The normalized spacial score (nSPS) is 12.5. The molecule has 0 aliphatic carbocycles. The number of alkyl halides is 3. The Morgan fingerprint density at radius 3 is 2.00 bits per heavy atom. The molecule has 0 bridgehead atoms. The second-order valence-electron chi connectivity index (χ2n) is 0.826. The van der Waals surface area contributed by atoms with Gasteiger partial charge in [-0.1, -0.05) is 0 Å². The molecule has 0 aromatic heterocycles. The van der Waals surface area contributed by atoms with Crippen molar-refractivity contribution in [1.82, 2.24) is 0 Å². The fraction of sp³-hybridized carbons (Fsp3) is 0.333. The number of halogens is 4. The molecular weight excluding hydrogens is 236 g/mol. The molecule has 0 rings (SSSR count). The first-order valence-electron chi connectivity index (χ1n) is 1.56. The Labute approximate surface area is 57.7 Å². The smallest absolute Gasteiger partial charge is 0.413 e. The monoisotopic (exact) mass is 238 g/mol. The zero-order chi connectivity index (χ0) is 6.62. The summed E-state index contributed by atoms with van der Waals surface area (Å²) in [4.78, 5) is 0. The second-order valence-corrected chi connectivity index (χ2v) is 1.54. The Morgan fingerprint density at radius 1 is 1.38 bits per heavy atom. The second kappa shape index (κ2) is 3.16. The molecule has 0 saturated heterocycles. The van der Waals surface area contributed by atoms with Gasteiger partial charge in [-0.25, -0.2) is 0 Å². The quantitative estimate of drug-likeness (QED) is 0.503. The van der Waals surface area contributed by atoms with Gasteiger partial charge in [0.15, 0.2) is 0 Å². The lowest BCUT2D eigenvalue weighted by Crippen LogP contribution is -2.07. The Kier molecular flexibility index (Phi) is 3.18. The van der Waals surface area contributed by atoms with E-state index in [-0.39, 0.29) is 0 Å². The molecule has 0 radical (unpaired) electrons. The topological polar surface area (TPSA) is 9.23 Å². The van der Waals surface area contributed by atoms with Crippen molar-refractivity contribution in [1.29, 1.82) is 0 Å². The fourth-order valence-electron chi connectivity index (χ4n) is 0.103. The van der Waals surface area contributed by atoms with E-state index >= 15 is 0 Å². The van der Waals surface area contributed by atoms with Crippen LogP contribution in [0.5, 0.6) is 0 Å². The van der Waals surface area contributed by atoms with Crippen LogP contribution in [0.2, 0.25) is 0 Å². The van der Waals surface area contributed by atoms with Crippen molar-refractivity contribution >= 4 is 22.6 Å². The summed E-state index contributed by atoms with van der Waals surface area (Å²) in [6.45, 7) is 0. The standard InChI is InChI=1S/C3H2F3IO/c4-3(5,6)8-2-1-7/h1-2H/b2-1+. The van der Waals surface area contributed by atoms with Crippen LogP contribution < -0.4 is 0 Å². The SMILES string of the molecule is FC(F)(F)O/C=C/I. The first-order chi connectivity index (χ1) is 3.56. The Hall–Kier alpha value is 0.0600. The summed E-state index contributed by atoms with van der Waals surface area (Å²) < 4.78 is 37.2. The highest BCUT2D eigenvalue weighted by atomic mass is 127. The largest absolute Gasteiger partial charge is 0.572 e. The highest BCUT2D eigenvalue weighted by Gasteiger charge is 2.28. The molecule has 0 spiro atoms. The maximum Gasteiger partial charge on any atom is 0.572 e. The minimum atomic E-state index is -4.54. The summed E-state index contributed by atoms with van der Waals surface area (Å²) in [6, 6.07) is 0. The highest BCUT2D eigenvalue weighted by Crippen LogP contribution is 2.16. The minimum absolute atomic E-state index is 0.570. The van der Waals surface area contributed by atoms with E-state index in [4.69, 9.17) is 0 Å². The van der Waals surface area contributed by atoms with Crippen LogP contribution in [0.1, 0.15) is 0 Å². The van der Waals surface area contributed by atoms with E-state index in [1.54, 1.807) is 22.6 Å². The highest BCUT2D eigenvalue weighted by molar-refractivity contribution is 14.1. The average Bonchev–Trinajstić information content (AvgIpc) is 1.59. The van der Waals surface area contributed by atoms with Gasteiger partial charge in [0.05, 0.1) is 6.26 Å². The molecule has 0 aliphatic rings. The molecule has 48 valence electrons. The van der Waals surface area contributed by atoms with Crippen molar-refractivity contribution in [2.45, 2.75) is 6.36 Å². The summed E-state index contributed by atoms with van der Waals surface area (Å²) >= 11 is 1.62. The molecule has 0 heterocycles. The molecular formula is C3H2F3IO. The van der Waals surface area contributed by atoms with Crippen LogP contribution in [-0.4, -0.2) is 6.36 Å². The molecule has 8 heavy (non-hydrogen) atoms. The zero-order valence-corrected chi connectivity index (χ0v) is 5.73. The van der Waals surface area contributed by atoms with E-state index in [0.29, 0.717) is 6.26 Å². The van der Waals surface area contributed by atoms with E-state index < -0.39 is 6.36 Å². The van der Waals surface area contributed by atoms with Crippen LogP contribution in [0, 0.1) is 0 Å². The Bertz CT molecular complexity index is 87.0. The van der Waals surface area contributed by atoms with Crippen molar-refractivity contribution in [3.8, 4) is 0 Å². The summed E-state index contributed by atoms with van der Waals surface area (Å²) in [7, 11) is 0. The Balaban J connectivity index is 3.39. The summed E-state index contributed by atoms with van der Waals surface area (Å²) in [5.41, 5.74) is 0. The third-order valence-electron chi connectivity index (χ3n) is 0.253. The van der Waals surface area contributed by atoms with Gasteiger partial charge in [-0.15, -0.1) is 13.2 Å². The number of ether oxygens (including phenoxy) is 1. The van der Waals surface area contributed by atoms with Crippen molar-refractivity contribution in [2.75, 3.05) is 0 Å². The molecule has 0 atom stereocenters. The van der Waals surface area contributed by atoms with Crippen molar-refractivity contribution in [3.05, 3.63) is 10.3 Å². The molecule has 5 heteroatoms. The number of hydrogen-bond acceptors (Lipinski definition) is 1. The van der Waals surface area contributed by atoms with E-state index in [9.17, 15) is 13.2 Å². The van der Waals surface area contributed by atoms with E-state index in [2.05, 4.69) is 4.74 Å². The van der Waals surface area contributed by atoms with Gasteiger partial charge in [0, 0.05) is 4.08 Å². The molecule has 0 aromatic rings. The molecule has 0 amide bonds. The number of rotatable bonds is 1. The molecule has 0 fully saturated rings. The lowest BCUT2D eigenvalue weighted by atomic mass is 11.1. The van der Waals surface area contributed by atoms with Crippen LogP contribution >= 0.6 is 22.6 Å². The van der Waals surface area contributed by atoms with Crippen LogP contribution in [0.25, 0.3) is 0 Å². The molecule has 1 nitrogen and oxygen atoms in total. The molecule has 0 N–H and O–H groups in total. The third-order valence-corrected chi connectivity index (χ3v) is 0.547. The average molecular weight is 238 g/mol. The summed E-state index contributed by atoms with van der Waals surface area (Å²) in [5.74, 6) is 0. The minimum Gasteiger partial charge on any atom is -0.413 e. The van der Waals surface area contributed by atoms with Gasteiger partial charge in [0.25, 0.3) is 0 Å². The van der Waals surface area contributed by atoms with E-state index in [0.717, 1.165) is 4.08 Å². The van der Waals surface area contributed by atoms with Gasteiger partial charge in [0.2, 0.25) is 0 Å². The van der Waals surface area contributed by atoms with E-state index in [1.807, 2.05) is 0 Å². The molecule has 0 unspecified atom stereocenters. The summed E-state index contributed by atoms with van der Waals surface area (Å²) in [6.07, 6.45) is -3.97. The summed E-state index contributed by atoms with van der Waals surface area (Å²) in [5, 5.41) is 0. The predicted molar refractivity (Wildman–Crippen MR) is 30.3 cm³/mol. The van der Waals surface area contributed by atoms with Crippen LogP contribution in [0.3, 0.4) is 0 Å². The van der Waals surface area contributed by atoms with Gasteiger partial charge >= 0.3 is 6.36 Å². The van der Waals surface area contributed by atoms with E-state index in [1.165, 1.54) is 0 Å². The predicted octanol–water partition coefficient (Wildman–Crippen LogP) is 2.43. The van der Waals surface area contributed by atoms with Gasteiger partial charge in [-0.05, 0) is 22.6 Å². The zero-order valence-electron chi connectivity index (χ0n) is 3.57. The maximum absolute atomic E-state index is 11.0. The molecule has 0 aliphatic heterocycles. The van der Waals surface area contributed by atoms with Crippen molar-refractivity contribution in [2.24, 2.45) is 0 Å². The third kappa shape index (κ3) is 6.06. The Morgan fingerprint density at radius 2 is 1.88 bits per heavy atom. The fourth-order valence-corrected chi connectivity index (χ4v) is 0.250. The maximum atomic E-state index is 11.0. The van der Waals surface area contributed by atoms with Gasteiger partial charge in [0.1, 0.15) is 0 Å². The van der Waals surface area contributed by atoms with Gasteiger partial charge < -0.3 is 4.74 Å². The first kappa shape index (κ1) is 8.06. The lowest BCUT2D eigenvalue weighted by Gasteiger charge is -2.00. The molecule has 0 saturated carbocycles. The van der Waals surface area contributed by atoms with Gasteiger partial charge in [-0.3, -0.25) is 0 Å². The first-order valence-corrected chi connectivity index (χ1v) is 2.80. The van der Waals surface area contributed by atoms with Gasteiger partial charge in [-0.2, -0.15) is 0 Å². The number of hydrogen-bond donors (Lipinski definition) is 0.